The van der Waals surface area contributed by atoms with Crippen LogP contribution in [0.5, 0.6) is 5.75 Å². The lowest BCUT2D eigenvalue weighted by atomic mass is 9.88. The molecule has 92 valence electrons. The molecule has 4 nitrogen and oxygen atoms in total. The summed E-state index contributed by atoms with van der Waals surface area (Å²) in [7, 11) is 3.06. The Bertz CT molecular complexity index is 444. The highest BCUT2D eigenvalue weighted by atomic mass is 16.5. The highest BCUT2D eigenvalue weighted by Gasteiger charge is 2.37. The van der Waals surface area contributed by atoms with E-state index in [1.807, 2.05) is 25.1 Å². The Morgan fingerprint density at radius 2 is 2.18 bits per heavy atom. The lowest BCUT2D eigenvalue weighted by Crippen LogP contribution is -2.46. The third kappa shape index (κ3) is 2.07. The van der Waals surface area contributed by atoms with Crippen LogP contribution in [0.15, 0.2) is 18.2 Å². The molecule has 0 radical (unpaired) electrons. The first-order valence-electron chi connectivity index (χ1n) is 5.62. The molecule has 1 aromatic rings. The fourth-order valence-corrected chi connectivity index (χ4v) is 2.15. The van der Waals surface area contributed by atoms with Crippen LogP contribution in [0.25, 0.3) is 0 Å². The average molecular weight is 235 g/mol. The van der Waals surface area contributed by atoms with Crippen LogP contribution < -0.4 is 10.1 Å². The van der Waals surface area contributed by atoms with Crippen LogP contribution in [0, 0.1) is 0 Å². The number of esters is 1. The fraction of sp³-hybridized carbons (Fsp3) is 0.462. The zero-order valence-electron chi connectivity index (χ0n) is 10.4. The second-order valence-corrected chi connectivity index (χ2v) is 4.47. The van der Waals surface area contributed by atoms with Crippen LogP contribution in [-0.2, 0) is 16.0 Å². The van der Waals surface area contributed by atoms with E-state index in [-0.39, 0.29) is 5.97 Å². The van der Waals surface area contributed by atoms with Crippen LogP contribution in [0.2, 0.25) is 0 Å². The second kappa shape index (κ2) is 4.28. The molecular weight excluding hydrogens is 218 g/mol. The number of nitrogens with one attached hydrogen (secondary N) is 1. The van der Waals surface area contributed by atoms with Crippen molar-refractivity contribution in [1.82, 2.24) is 0 Å². The maximum Gasteiger partial charge on any atom is 0.331 e. The molecule has 1 heterocycles. The highest BCUT2D eigenvalue weighted by Crippen LogP contribution is 2.33. The van der Waals surface area contributed by atoms with Gasteiger partial charge in [-0.15, -0.1) is 0 Å². The number of carbonyl (C=O) groups excluding carboxylic acids is 1. The molecule has 0 aliphatic carbocycles. The quantitative estimate of drug-likeness (QED) is 0.796. The third-order valence-electron chi connectivity index (χ3n) is 3.25. The molecule has 1 unspecified atom stereocenters. The summed E-state index contributed by atoms with van der Waals surface area (Å²) in [6.45, 7) is 1.87. The molecule has 0 spiro atoms. The second-order valence-electron chi connectivity index (χ2n) is 4.47. The van der Waals surface area contributed by atoms with E-state index in [0.717, 1.165) is 24.3 Å². The number of ether oxygens (including phenoxy) is 2. The summed E-state index contributed by atoms with van der Waals surface area (Å²) in [6.07, 6.45) is 1.56. The van der Waals surface area contributed by atoms with E-state index in [4.69, 9.17) is 9.47 Å². The molecular formula is C13H17NO3. The molecule has 0 amide bonds. The number of benzene rings is 1. The van der Waals surface area contributed by atoms with Crippen LogP contribution in [0.1, 0.15) is 18.9 Å². The Morgan fingerprint density at radius 1 is 1.41 bits per heavy atom. The van der Waals surface area contributed by atoms with Crippen LogP contribution in [-0.4, -0.2) is 25.7 Å². The molecule has 2 rings (SSSR count). The van der Waals surface area contributed by atoms with E-state index >= 15 is 0 Å². The monoisotopic (exact) mass is 235 g/mol. The number of hydrogen-bond donors (Lipinski definition) is 1. The maximum atomic E-state index is 11.7. The first kappa shape index (κ1) is 11.8. The minimum Gasteiger partial charge on any atom is -0.497 e. The number of aryl methyl sites for hydroxylation is 1. The lowest BCUT2D eigenvalue weighted by Gasteiger charge is -2.34. The van der Waals surface area contributed by atoms with Crippen molar-refractivity contribution < 1.29 is 14.3 Å². The van der Waals surface area contributed by atoms with E-state index in [1.54, 1.807) is 7.11 Å². The predicted molar refractivity (Wildman–Crippen MR) is 65.4 cm³/mol. The summed E-state index contributed by atoms with van der Waals surface area (Å²) in [6, 6.07) is 5.82. The van der Waals surface area contributed by atoms with Gasteiger partial charge in [-0.05, 0) is 43.5 Å². The van der Waals surface area contributed by atoms with Crippen molar-refractivity contribution >= 4 is 11.7 Å². The Morgan fingerprint density at radius 3 is 2.82 bits per heavy atom. The normalized spacial score (nSPS) is 22.3. The van der Waals surface area contributed by atoms with Crippen LogP contribution >= 0.6 is 0 Å². The molecule has 0 bridgehead atoms. The SMILES string of the molecule is COC(=O)C1(C)CCc2cc(OC)ccc2N1. The molecule has 0 fully saturated rings. The standard InChI is InChI=1S/C13H17NO3/c1-13(12(15)17-3)7-6-9-8-10(16-2)4-5-11(9)14-13/h4-5,8,14H,6-7H2,1-3H3. The number of fused-ring (bicyclic) bond motifs is 1. The van der Waals surface area contributed by atoms with Crippen molar-refractivity contribution in [3.63, 3.8) is 0 Å². The van der Waals surface area contributed by atoms with Gasteiger partial charge in [-0.2, -0.15) is 0 Å². The number of hydrogen-bond acceptors (Lipinski definition) is 4. The van der Waals surface area contributed by atoms with Crippen molar-refractivity contribution in [3.05, 3.63) is 23.8 Å². The Balaban J connectivity index is 2.28. The van der Waals surface area contributed by atoms with E-state index in [0.29, 0.717) is 0 Å². The Labute approximate surface area is 101 Å². The van der Waals surface area contributed by atoms with E-state index in [2.05, 4.69) is 5.32 Å². The summed E-state index contributed by atoms with van der Waals surface area (Å²) in [5.74, 6) is 0.617. The van der Waals surface area contributed by atoms with Gasteiger partial charge in [0.05, 0.1) is 14.2 Å². The van der Waals surface area contributed by atoms with E-state index < -0.39 is 5.54 Å². The minimum absolute atomic E-state index is 0.223. The van der Waals surface area contributed by atoms with Crippen molar-refractivity contribution in [2.24, 2.45) is 0 Å². The van der Waals surface area contributed by atoms with Gasteiger partial charge in [0, 0.05) is 5.69 Å². The molecule has 1 atom stereocenters. The molecule has 1 aliphatic rings. The smallest absolute Gasteiger partial charge is 0.331 e. The minimum atomic E-state index is -0.629. The molecule has 0 saturated heterocycles. The van der Waals surface area contributed by atoms with Crippen molar-refractivity contribution in [1.29, 1.82) is 0 Å². The molecule has 0 aromatic heterocycles. The number of methoxy groups -OCH3 is 2. The summed E-state index contributed by atoms with van der Waals surface area (Å²) in [5, 5.41) is 3.25. The van der Waals surface area contributed by atoms with Gasteiger partial charge in [-0.1, -0.05) is 0 Å². The van der Waals surface area contributed by atoms with Crippen LogP contribution in [0.4, 0.5) is 5.69 Å². The largest absolute Gasteiger partial charge is 0.497 e. The van der Waals surface area contributed by atoms with Gasteiger partial charge in [-0.3, -0.25) is 0 Å². The topological polar surface area (TPSA) is 47.6 Å². The predicted octanol–water partition coefficient (Wildman–Crippen LogP) is 1.98. The summed E-state index contributed by atoms with van der Waals surface area (Å²) < 4.78 is 10.0. The zero-order valence-corrected chi connectivity index (χ0v) is 10.4. The van der Waals surface area contributed by atoms with E-state index in [9.17, 15) is 4.79 Å². The summed E-state index contributed by atoms with van der Waals surface area (Å²) in [4.78, 5) is 11.7. The first-order chi connectivity index (χ1) is 8.09. The Hall–Kier alpha value is -1.71. The van der Waals surface area contributed by atoms with Crippen molar-refractivity contribution in [2.75, 3.05) is 19.5 Å². The van der Waals surface area contributed by atoms with Gasteiger partial charge in [0.2, 0.25) is 0 Å². The van der Waals surface area contributed by atoms with Crippen molar-refractivity contribution in [2.45, 2.75) is 25.3 Å². The van der Waals surface area contributed by atoms with Gasteiger partial charge < -0.3 is 14.8 Å². The first-order valence-corrected chi connectivity index (χ1v) is 5.62. The molecule has 0 saturated carbocycles. The zero-order chi connectivity index (χ0) is 12.5. The van der Waals surface area contributed by atoms with Crippen molar-refractivity contribution in [3.8, 4) is 5.75 Å². The molecule has 17 heavy (non-hydrogen) atoms. The summed E-state index contributed by atoms with van der Waals surface area (Å²) in [5.41, 5.74) is 1.52. The summed E-state index contributed by atoms with van der Waals surface area (Å²) >= 11 is 0. The number of carbonyl (C=O) groups is 1. The third-order valence-corrected chi connectivity index (χ3v) is 3.25. The molecule has 1 aliphatic heterocycles. The van der Waals surface area contributed by atoms with Gasteiger partial charge in [0.1, 0.15) is 11.3 Å². The van der Waals surface area contributed by atoms with Gasteiger partial charge in [-0.25, -0.2) is 4.79 Å². The molecule has 4 heteroatoms. The number of rotatable bonds is 2. The van der Waals surface area contributed by atoms with E-state index in [1.165, 1.54) is 12.7 Å². The Kier molecular flexibility index (Phi) is 2.96. The highest BCUT2D eigenvalue weighted by molar-refractivity contribution is 5.85. The molecule has 1 aromatic carbocycles. The fourth-order valence-electron chi connectivity index (χ4n) is 2.15. The molecule has 1 N–H and O–H groups in total. The average Bonchev–Trinajstić information content (AvgIpc) is 2.37. The van der Waals surface area contributed by atoms with Gasteiger partial charge in [0.15, 0.2) is 0 Å². The maximum absolute atomic E-state index is 11.7. The number of anilines is 1. The van der Waals surface area contributed by atoms with Gasteiger partial charge >= 0.3 is 5.97 Å². The lowest BCUT2D eigenvalue weighted by molar-refractivity contribution is -0.145. The van der Waals surface area contributed by atoms with Crippen LogP contribution in [0.3, 0.4) is 0 Å². The van der Waals surface area contributed by atoms with Gasteiger partial charge in [0.25, 0.3) is 0 Å².